The molecule has 10 heteroatoms. The number of hydrogen-bond acceptors (Lipinski definition) is 7. The summed E-state index contributed by atoms with van der Waals surface area (Å²) in [6, 6.07) is 1.33. The zero-order valence-electron chi connectivity index (χ0n) is 19.2. The summed E-state index contributed by atoms with van der Waals surface area (Å²) in [5.41, 5.74) is -0.000371. The van der Waals surface area contributed by atoms with Crippen LogP contribution in [0.25, 0.3) is 0 Å². The first-order valence-corrected chi connectivity index (χ1v) is 13.0. The maximum atomic E-state index is 13.7. The molecule has 1 amide bonds. The summed E-state index contributed by atoms with van der Waals surface area (Å²) in [5, 5.41) is 3.47. The van der Waals surface area contributed by atoms with E-state index in [0.717, 1.165) is 56.4 Å². The van der Waals surface area contributed by atoms with Crippen molar-refractivity contribution in [3.63, 3.8) is 0 Å². The fourth-order valence-corrected chi connectivity index (χ4v) is 5.83. The number of anilines is 1. The Hall–Kier alpha value is -2.17. The summed E-state index contributed by atoms with van der Waals surface area (Å²) >= 11 is 1.34. The van der Waals surface area contributed by atoms with Crippen LogP contribution in [-0.2, 0) is 11.3 Å². The van der Waals surface area contributed by atoms with Gasteiger partial charge < -0.3 is 15.0 Å². The van der Waals surface area contributed by atoms with Crippen LogP contribution in [0, 0.1) is 11.6 Å². The fraction of sp³-hybridized carbons (Fsp3) is 0.625. The number of carbonyl (C=O) groups is 1. The van der Waals surface area contributed by atoms with Crippen molar-refractivity contribution in [3.05, 3.63) is 40.7 Å². The number of nitrogens with one attached hydrogen (secondary N) is 1. The van der Waals surface area contributed by atoms with Crippen LogP contribution in [0.15, 0.2) is 18.5 Å². The number of piperidine rings is 2. The van der Waals surface area contributed by atoms with Crippen LogP contribution in [-0.4, -0.2) is 65.2 Å². The molecule has 0 radical (unpaired) electrons. The third-order valence-corrected chi connectivity index (χ3v) is 8.17. The van der Waals surface area contributed by atoms with Crippen molar-refractivity contribution in [1.82, 2.24) is 20.2 Å². The first kappa shape index (κ1) is 23.6. The average Bonchev–Trinajstić information content (AvgIpc) is 3.32. The Morgan fingerprint density at radius 1 is 1.06 bits per heavy atom. The highest BCUT2D eigenvalue weighted by molar-refractivity contribution is 7.17. The largest absolute Gasteiger partial charge is 0.374 e. The molecule has 4 heterocycles. The van der Waals surface area contributed by atoms with E-state index in [2.05, 4.69) is 25.1 Å². The molecule has 5 rings (SSSR count). The van der Waals surface area contributed by atoms with Gasteiger partial charge in [0, 0.05) is 31.7 Å². The van der Waals surface area contributed by atoms with Gasteiger partial charge in [0.1, 0.15) is 16.5 Å². The maximum absolute atomic E-state index is 13.7. The molecule has 2 aromatic rings. The predicted octanol–water partition coefficient (Wildman–Crippen LogP) is 3.75. The maximum Gasteiger partial charge on any atom is 0.263 e. The van der Waals surface area contributed by atoms with Crippen molar-refractivity contribution in [2.75, 3.05) is 31.1 Å². The van der Waals surface area contributed by atoms with E-state index >= 15 is 0 Å². The fourth-order valence-electron chi connectivity index (χ4n) is 4.95. The van der Waals surface area contributed by atoms with E-state index < -0.39 is 11.6 Å². The molecule has 34 heavy (non-hydrogen) atoms. The van der Waals surface area contributed by atoms with Gasteiger partial charge in [0.25, 0.3) is 5.91 Å². The Morgan fingerprint density at radius 3 is 2.59 bits per heavy atom. The molecule has 2 aliphatic heterocycles. The monoisotopic (exact) mass is 491 g/mol. The molecule has 1 atom stereocenters. The SMILES string of the molecule is O=C(NCc1ncc(F)cc1F)c1cnc(N2CCC(N3CCCC(OC4CCC4)C3)CC2)s1. The third-order valence-electron chi connectivity index (χ3n) is 7.12. The van der Waals surface area contributed by atoms with Gasteiger partial charge in [-0.2, -0.15) is 0 Å². The van der Waals surface area contributed by atoms with Crippen molar-refractivity contribution >= 4 is 22.4 Å². The minimum absolute atomic E-state index is 0.000371. The highest BCUT2D eigenvalue weighted by Gasteiger charge is 2.32. The molecule has 0 bridgehead atoms. The van der Waals surface area contributed by atoms with Gasteiger partial charge in [0.2, 0.25) is 0 Å². The second kappa shape index (κ2) is 10.6. The van der Waals surface area contributed by atoms with E-state index in [1.54, 1.807) is 6.20 Å². The zero-order valence-corrected chi connectivity index (χ0v) is 20.0. The van der Waals surface area contributed by atoms with Gasteiger partial charge in [-0.25, -0.2) is 13.8 Å². The number of pyridine rings is 1. The Labute approximate surface area is 202 Å². The van der Waals surface area contributed by atoms with Crippen molar-refractivity contribution in [1.29, 1.82) is 0 Å². The number of halogens is 2. The van der Waals surface area contributed by atoms with Crippen molar-refractivity contribution < 1.29 is 18.3 Å². The average molecular weight is 492 g/mol. The lowest BCUT2D eigenvalue weighted by atomic mass is 9.95. The Morgan fingerprint density at radius 2 is 1.85 bits per heavy atom. The standard InChI is InChI=1S/C24H31F2N5O2S/c25-16-11-20(26)21(27-12-16)13-28-23(32)22-14-29-24(34-22)30-9-6-17(7-10-30)31-8-2-5-19(15-31)33-18-3-1-4-18/h11-12,14,17-19H,1-10,13,15H2,(H,28,32). The van der Waals surface area contributed by atoms with E-state index in [-0.39, 0.29) is 18.1 Å². The zero-order chi connectivity index (χ0) is 23.5. The molecule has 3 fully saturated rings. The molecule has 3 aliphatic rings. The second-order valence-corrected chi connectivity index (χ2v) is 10.4. The summed E-state index contributed by atoms with van der Waals surface area (Å²) < 4.78 is 33.0. The van der Waals surface area contributed by atoms with Crippen molar-refractivity contribution in [3.8, 4) is 0 Å². The lowest BCUT2D eigenvalue weighted by Crippen LogP contribution is -2.50. The van der Waals surface area contributed by atoms with E-state index in [0.29, 0.717) is 23.1 Å². The first-order chi connectivity index (χ1) is 16.5. The highest BCUT2D eigenvalue weighted by atomic mass is 32.1. The molecule has 1 saturated carbocycles. The van der Waals surface area contributed by atoms with Crippen LogP contribution in [0.4, 0.5) is 13.9 Å². The Balaban J connectivity index is 1.09. The molecule has 1 aliphatic carbocycles. The van der Waals surface area contributed by atoms with Gasteiger partial charge in [0.15, 0.2) is 5.13 Å². The number of carbonyl (C=O) groups excluding carboxylic acids is 1. The second-order valence-electron chi connectivity index (χ2n) is 9.44. The van der Waals surface area contributed by atoms with Gasteiger partial charge in [-0.05, 0) is 51.5 Å². The number of aromatic nitrogens is 2. The first-order valence-electron chi connectivity index (χ1n) is 12.2. The van der Waals surface area contributed by atoms with Crippen LogP contribution in [0.1, 0.15) is 60.3 Å². The summed E-state index contributed by atoms with van der Waals surface area (Å²) in [5.74, 6) is -1.86. The molecule has 1 unspecified atom stereocenters. The molecular formula is C24H31F2N5O2S. The Kier molecular flexibility index (Phi) is 7.36. The summed E-state index contributed by atoms with van der Waals surface area (Å²) in [7, 11) is 0. The molecule has 2 saturated heterocycles. The number of rotatable bonds is 7. The van der Waals surface area contributed by atoms with E-state index in [1.165, 1.54) is 43.4 Å². The van der Waals surface area contributed by atoms with Crippen LogP contribution in [0.3, 0.4) is 0 Å². The molecule has 0 aromatic carbocycles. The summed E-state index contributed by atoms with van der Waals surface area (Å²) in [6.07, 6.45) is 11.7. The van der Waals surface area contributed by atoms with Crippen LogP contribution >= 0.6 is 11.3 Å². The minimum atomic E-state index is -0.775. The number of amides is 1. The van der Waals surface area contributed by atoms with Gasteiger partial charge in [0.05, 0.1) is 36.8 Å². The number of ether oxygens (including phenoxy) is 1. The number of hydrogen-bond donors (Lipinski definition) is 1. The smallest absolute Gasteiger partial charge is 0.263 e. The van der Waals surface area contributed by atoms with Crippen LogP contribution < -0.4 is 10.2 Å². The van der Waals surface area contributed by atoms with E-state index in [1.807, 2.05) is 0 Å². The van der Waals surface area contributed by atoms with Gasteiger partial charge >= 0.3 is 0 Å². The molecular weight excluding hydrogens is 460 g/mol. The molecule has 2 aromatic heterocycles. The molecule has 7 nitrogen and oxygen atoms in total. The van der Waals surface area contributed by atoms with Crippen molar-refractivity contribution in [2.45, 2.75) is 69.7 Å². The van der Waals surface area contributed by atoms with Crippen LogP contribution in [0.5, 0.6) is 0 Å². The quantitative estimate of drug-likeness (QED) is 0.636. The van der Waals surface area contributed by atoms with E-state index in [9.17, 15) is 13.6 Å². The Bertz CT molecular complexity index is 993. The highest BCUT2D eigenvalue weighted by Crippen LogP contribution is 2.30. The summed E-state index contributed by atoms with van der Waals surface area (Å²) in [4.78, 5) is 26.0. The number of thiazole rings is 1. The molecule has 1 N–H and O–H groups in total. The molecule has 0 spiro atoms. The third kappa shape index (κ3) is 5.55. The lowest BCUT2D eigenvalue weighted by Gasteiger charge is -2.43. The topological polar surface area (TPSA) is 70.6 Å². The number of nitrogens with zero attached hydrogens (tertiary/aromatic N) is 4. The van der Waals surface area contributed by atoms with Gasteiger partial charge in [-0.3, -0.25) is 14.7 Å². The van der Waals surface area contributed by atoms with E-state index in [4.69, 9.17) is 4.74 Å². The van der Waals surface area contributed by atoms with Gasteiger partial charge in [-0.15, -0.1) is 0 Å². The summed E-state index contributed by atoms with van der Waals surface area (Å²) in [6.45, 7) is 3.92. The normalized spacial score (nSPS) is 22.5. The lowest BCUT2D eigenvalue weighted by molar-refractivity contribution is -0.0842. The van der Waals surface area contributed by atoms with Crippen molar-refractivity contribution in [2.24, 2.45) is 0 Å². The van der Waals surface area contributed by atoms with Gasteiger partial charge in [-0.1, -0.05) is 11.3 Å². The predicted molar refractivity (Wildman–Crippen MR) is 126 cm³/mol. The minimum Gasteiger partial charge on any atom is -0.374 e. The molecule has 184 valence electrons. The van der Waals surface area contributed by atoms with Crippen LogP contribution in [0.2, 0.25) is 0 Å². The number of likely N-dealkylation sites (tertiary alicyclic amines) is 1.